The second kappa shape index (κ2) is 8.62. The molecule has 3 N–H and O–H groups in total. The molecular formula is C18H17N3O7. The van der Waals surface area contributed by atoms with E-state index in [1.807, 2.05) is 0 Å². The minimum absolute atomic E-state index is 0.0712. The number of amides is 2. The van der Waals surface area contributed by atoms with Crippen molar-refractivity contribution >= 4 is 35.4 Å². The number of nitrogens with zero attached hydrogens (tertiary/aromatic N) is 1. The summed E-state index contributed by atoms with van der Waals surface area (Å²) in [6.45, 7) is 3.12. The van der Waals surface area contributed by atoms with Gasteiger partial charge < -0.3 is 14.9 Å². The highest BCUT2D eigenvalue weighted by Gasteiger charge is 2.28. The number of hydrogen-bond donors (Lipinski definition) is 2. The molecule has 0 atom stereocenters. The first-order chi connectivity index (χ1) is 13.2. The first kappa shape index (κ1) is 20.4. The van der Waals surface area contributed by atoms with Gasteiger partial charge in [-0.2, -0.15) is 0 Å². The van der Waals surface area contributed by atoms with Crippen LogP contribution in [0, 0.1) is 17.0 Å². The zero-order chi connectivity index (χ0) is 20.8. The monoisotopic (exact) mass is 387 g/mol. The molecule has 0 fully saturated rings. The lowest BCUT2D eigenvalue weighted by molar-refractivity contribution is -0.384. The number of ether oxygens (including phenoxy) is 1. The van der Waals surface area contributed by atoms with Crippen molar-refractivity contribution in [2.24, 2.45) is 5.73 Å². The quantitative estimate of drug-likeness (QED) is 0.320. The largest absolute Gasteiger partial charge is 0.462 e. The Labute approximate surface area is 159 Å². The van der Waals surface area contributed by atoms with Gasteiger partial charge in [-0.25, -0.2) is 4.79 Å². The van der Waals surface area contributed by atoms with Crippen LogP contribution in [0.2, 0.25) is 0 Å². The van der Waals surface area contributed by atoms with Gasteiger partial charge >= 0.3 is 5.97 Å². The second-order valence-corrected chi connectivity index (χ2v) is 5.49. The van der Waals surface area contributed by atoms with E-state index in [0.29, 0.717) is 5.56 Å². The van der Waals surface area contributed by atoms with Gasteiger partial charge in [-0.1, -0.05) is 0 Å². The third kappa shape index (κ3) is 4.61. The summed E-state index contributed by atoms with van der Waals surface area (Å²) >= 11 is 0. The van der Waals surface area contributed by atoms with Crippen molar-refractivity contribution < 1.29 is 28.5 Å². The van der Waals surface area contributed by atoms with E-state index in [2.05, 4.69) is 5.32 Å². The highest BCUT2D eigenvalue weighted by molar-refractivity contribution is 6.12. The number of carbonyl (C=O) groups is 3. The van der Waals surface area contributed by atoms with E-state index >= 15 is 0 Å². The number of nitro benzene ring substituents is 1. The van der Waals surface area contributed by atoms with Crippen molar-refractivity contribution in [1.82, 2.24) is 0 Å². The van der Waals surface area contributed by atoms with E-state index in [9.17, 15) is 24.5 Å². The number of anilines is 1. The molecule has 0 saturated heterocycles. The van der Waals surface area contributed by atoms with E-state index in [0.717, 1.165) is 6.08 Å². The highest BCUT2D eigenvalue weighted by atomic mass is 16.6. The minimum atomic E-state index is -0.963. The molecule has 0 aliphatic rings. The number of furan rings is 1. The predicted octanol–water partition coefficient (Wildman–Crippen LogP) is 2.42. The molecule has 1 aromatic heterocycles. The van der Waals surface area contributed by atoms with Crippen LogP contribution in [0.3, 0.4) is 0 Å². The molecule has 10 nitrogen and oxygen atoms in total. The number of carbonyl (C=O) groups excluding carboxylic acids is 3. The number of benzene rings is 1. The molecule has 28 heavy (non-hydrogen) atoms. The van der Waals surface area contributed by atoms with Gasteiger partial charge in [0.15, 0.2) is 0 Å². The van der Waals surface area contributed by atoms with Gasteiger partial charge in [0.1, 0.15) is 16.9 Å². The second-order valence-electron chi connectivity index (χ2n) is 5.49. The van der Waals surface area contributed by atoms with Crippen LogP contribution in [0.25, 0.3) is 6.08 Å². The Kier molecular flexibility index (Phi) is 6.27. The van der Waals surface area contributed by atoms with Gasteiger partial charge in [-0.3, -0.25) is 25.0 Å². The standard InChI is InChI=1S/C18H17N3O7/c1-3-27-18(24)14-10(2)28-17(15(14)16(19)23)20-13(22)9-6-11-4-7-12(8-5-11)21(25)26/h4-9H,3H2,1-2H3,(H2,19,23)(H,20,22)/b9-6+. The summed E-state index contributed by atoms with van der Waals surface area (Å²) in [4.78, 5) is 46.0. The van der Waals surface area contributed by atoms with Gasteiger partial charge in [0.05, 0.1) is 11.5 Å². The number of nitro groups is 1. The summed E-state index contributed by atoms with van der Waals surface area (Å²) in [6, 6.07) is 5.52. The summed E-state index contributed by atoms with van der Waals surface area (Å²) in [5, 5.41) is 13.0. The molecule has 1 heterocycles. The third-order valence-corrected chi connectivity index (χ3v) is 3.58. The van der Waals surface area contributed by atoms with Crippen molar-refractivity contribution in [2.75, 3.05) is 11.9 Å². The van der Waals surface area contributed by atoms with Crippen molar-refractivity contribution in [3.8, 4) is 0 Å². The lowest BCUT2D eigenvalue weighted by Gasteiger charge is -2.03. The summed E-state index contributed by atoms with van der Waals surface area (Å²) in [5.41, 5.74) is 5.34. The fourth-order valence-electron chi connectivity index (χ4n) is 2.35. The molecule has 10 heteroatoms. The first-order valence-corrected chi connectivity index (χ1v) is 8.08. The Hall–Kier alpha value is -3.95. The van der Waals surface area contributed by atoms with Crippen molar-refractivity contribution in [3.05, 3.63) is 62.9 Å². The smallest absolute Gasteiger partial charge is 0.342 e. The predicted molar refractivity (Wildman–Crippen MR) is 98.7 cm³/mol. The van der Waals surface area contributed by atoms with Gasteiger partial charge in [0.25, 0.3) is 17.5 Å². The lowest BCUT2D eigenvalue weighted by Crippen LogP contribution is -2.19. The highest BCUT2D eigenvalue weighted by Crippen LogP contribution is 2.27. The Morgan fingerprint density at radius 1 is 1.25 bits per heavy atom. The van der Waals surface area contributed by atoms with Crippen LogP contribution in [0.15, 0.2) is 34.8 Å². The average molecular weight is 387 g/mol. The maximum absolute atomic E-state index is 12.1. The van der Waals surface area contributed by atoms with Crippen LogP contribution in [0.4, 0.5) is 11.6 Å². The molecule has 1 aromatic carbocycles. The third-order valence-electron chi connectivity index (χ3n) is 3.58. The number of nitrogens with one attached hydrogen (secondary N) is 1. The van der Waals surface area contributed by atoms with E-state index in [4.69, 9.17) is 14.9 Å². The Morgan fingerprint density at radius 3 is 2.43 bits per heavy atom. The number of nitrogens with two attached hydrogens (primary N) is 1. The molecule has 2 amide bonds. The SMILES string of the molecule is CCOC(=O)c1c(C)oc(NC(=O)/C=C/c2ccc([N+](=O)[O-])cc2)c1C(N)=O. The number of aryl methyl sites for hydroxylation is 1. The maximum atomic E-state index is 12.1. The number of non-ortho nitro benzene ring substituents is 1. The van der Waals surface area contributed by atoms with Gasteiger partial charge in [-0.15, -0.1) is 0 Å². The zero-order valence-corrected chi connectivity index (χ0v) is 15.1. The summed E-state index contributed by atoms with van der Waals surface area (Å²) in [7, 11) is 0. The van der Waals surface area contributed by atoms with Crippen LogP contribution < -0.4 is 11.1 Å². The fraction of sp³-hybridized carbons (Fsp3) is 0.167. The van der Waals surface area contributed by atoms with E-state index in [1.165, 1.54) is 37.3 Å². The van der Waals surface area contributed by atoms with Crippen molar-refractivity contribution in [1.29, 1.82) is 0 Å². The van der Waals surface area contributed by atoms with E-state index in [-0.39, 0.29) is 35.1 Å². The van der Waals surface area contributed by atoms with E-state index < -0.39 is 22.7 Å². The topological polar surface area (TPSA) is 155 Å². The fourth-order valence-corrected chi connectivity index (χ4v) is 2.35. The normalized spacial score (nSPS) is 10.6. The first-order valence-electron chi connectivity index (χ1n) is 8.08. The Balaban J connectivity index is 2.21. The molecule has 0 spiro atoms. The maximum Gasteiger partial charge on any atom is 0.342 e. The van der Waals surface area contributed by atoms with Crippen LogP contribution in [-0.2, 0) is 9.53 Å². The number of hydrogen-bond acceptors (Lipinski definition) is 7. The minimum Gasteiger partial charge on any atom is -0.462 e. The molecule has 146 valence electrons. The Morgan fingerprint density at radius 2 is 1.89 bits per heavy atom. The number of primary amides is 1. The molecule has 0 saturated carbocycles. The molecule has 0 aliphatic carbocycles. The molecule has 0 radical (unpaired) electrons. The summed E-state index contributed by atoms with van der Waals surface area (Å²) < 4.78 is 10.2. The zero-order valence-electron chi connectivity index (χ0n) is 15.1. The Bertz CT molecular complexity index is 958. The van der Waals surface area contributed by atoms with Crippen molar-refractivity contribution in [3.63, 3.8) is 0 Å². The van der Waals surface area contributed by atoms with Gasteiger partial charge in [0, 0.05) is 18.2 Å². The number of esters is 1. The van der Waals surface area contributed by atoms with Crippen LogP contribution >= 0.6 is 0 Å². The number of rotatable bonds is 7. The molecule has 0 aliphatic heterocycles. The van der Waals surface area contributed by atoms with E-state index in [1.54, 1.807) is 6.92 Å². The molecular weight excluding hydrogens is 370 g/mol. The summed E-state index contributed by atoms with van der Waals surface area (Å²) in [6.07, 6.45) is 2.54. The van der Waals surface area contributed by atoms with Gasteiger partial charge in [-0.05, 0) is 37.6 Å². The van der Waals surface area contributed by atoms with Gasteiger partial charge in [0.2, 0.25) is 5.88 Å². The van der Waals surface area contributed by atoms with Crippen molar-refractivity contribution in [2.45, 2.75) is 13.8 Å². The molecule has 2 aromatic rings. The van der Waals surface area contributed by atoms with Crippen LogP contribution in [0.5, 0.6) is 0 Å². The van der Waals surface area contributed by atoms with Crippen LogP contribution in [-0.4, -0.2) is 29.3 Å². The van der Waals surface area contributed by atoms with Crippen LogP contribution in [0.1, 0.15) is 39.0 Å². The summed E-state index contributed by atoms with van der Waals surface area (Å²) in [5.74, 6) is -2.62. The molecule has 0 unspecified atom stereocenters. The lowest BCUT2D eigenvalue weighted by atomic mass is 10.1. The average Bonchev–Trinajstić information content (AvgIpc) is 2.96. The molecule has 0 bridgehead atoms. The molecule has 2 rings (SSSR count).